The molecule has 0 spiro atoms. The predicted octanol–water partition coefficient (Wildman–Crippen LogP) is 2.84. The Morgan fingerprint density at radius 3 is 2.46 bits per heavy atom. The number of carbonyl (C=O) groups is 1. The first-order chi connectivity index (χ1) is 12.3. The standard InChI is InChI=1S/C18H21FN2O4S/c1-3-25-15-6-8-16(9-7-15)26(23,24)20-11-10-18(22)21-14-5-4-13(2)17(19)12-14/h4-9,12,20H,3,10-11H2,1-2H3,(H,21,22). The van der Waals surface area contributed by atoms with E-state index in [1.54, 1.807) is 31.2 Å². The van der Waals surface area contributed by atoms with Crippen molar-refractivity contribution in [2.75, 3.05) is 18.5 Å². The van der Waals surface area contributed by atoms with Gasteiger partial charge in [-0.15, -0.1) is 0 Å². The van der Waals surface area contributed by atoms with Crippen LogP contribution in [0.3, 0.4) is 0 Å². The number of halogens is 1. The van der Waals surface area contributed by atoms with Gasteiger partial charge in [-0.3, -0.25) is 4.79 Å². The second kappa shape index (κ2) is 8.77. The van der Waals surface area contributed by atoms with Gasteiger partial charge in [-0.05, 0) is 55.8 Å². The number of nitrogens with one attached hydrogen (secondary N) is 2. The summed E-state index contributed by atoms with van der Waals surface area (Å²) in [6, 6.07) is 10.4. The number of hydrogen-bond donors (Lipinski definition) is 2. The van der Waals surface area contributed by atoms with Gasteiger partial charge in [0.25, 0.3) is 0 Å². The van der Waals surface area contributed by atoms with Crippen LogP contribution in [-0.2, 0) is 14.8 Å². The summed E-state index contributed by atoms with van der Waals surface area (Å²) >= 11 is 0. The van der Waals surface area contributed by atoms with Crippen molar-refractivity contribution in [1.29, 1.82) is 0 Å². The molecule has 0 saturated carbocycles. The summed E-state index contributed by atoms with van der Waals surface area (Å²) in [5, 5.41) is 2.53. The maximum Gasteiger partial charge on any atom is 0.240 e. The molecule has 2 aromatic carbocycles. The van der Waals surface area contributed by atoms with E-state index in [-0.39, 0.29) is 17.9 Å². The summed E-state index contributed by atoms with van der Waals surface area (Å²) < 4.78 is 45.5. The molecule has 0 aromatic heterocycles. The van der Waals surface area contributed by atoms with E-state index < -0.39 is 21.7 Å². The highest BCUT2D eigenvalue weighted by atomic mass is 32.2. The number of hydrogen-bond acceptors (Lipinski definition) is 4. The summed E-state index contributed by atoms with van der Waals surface area (Å²) in [5.41, 5.74) is 0.804. The van der Waals surface area contributed by atoms with Gasteiger partial charge in [0.05, 0.1) is 11.5 Å². The molecule has 0 aliphatic carbocycles. The Kier molecular flexibility index (Phi) is 6.70. The number of ether oxygens (including phenoxy) is 1. The van der Waals surface area contributed by atoms with Crippen molar-refractivity contribution >= 4 is 21.6 Å². The Morgan fingerprint density at radius 1 is 1.15 bits per heavy atom. The molecule has 26 heavy (non-hydrogen) atoms. The van der Waals surface area contributed by atoms with Gasteiger partial charge in [0.15, 0.2) is 0 Å². The van der Waals surface area contributed by atoms with E-state index in [1.165, 1.54) is 18.2 Å². The minimum Gasteiger partial charge on any atom is -0.494 e. The highest BCUT2D eigenvalue weighted by Crippen LogP contribution is 2.16. The maximum absolute atomic E-state index is 13.5. The van der Waals surface area contributed by atoms with Gasteiger partial charge in [0.1, 0.15) is 11.6 Å². The molecule has 8 heteroatoms. The van der Waals surface area contributed by atoms with Gasteiger partial charge < -0.3 is 10.1 Å². The van der Waals surface area contributed by atoms with Crippen LogP contribution >= 0.6 is 0 Å². The lowest BCUT2D eigenvalue weighted by Crippen LogP contribution is -2.27. The zero-order chi connectivity index (χ0) is 19.2. The third kappa shape index (κ3) is 5.53. The average molecular weight is 380 g/mol. The second-order valence-electron chi connectivity index (χ2n) is 5.56. The maximum atomic E-state index is 13.5. The van der Waals surface area contributed by atoms with Crippen LogP contribution < -0.4 is 14.8 Å². The van der Waals surface area contributed by atoms with E-state index in [0.717, 1.165) is 0 Å². The van der Waals surface area contributed by atoms with Crippen LogP contribution in [0.2, 0.25) is 0 Å². The lowest BCUT2D eigenvalue weighted by Gasteiger charge is -2.09. The van der Waals surface area contributed by atoms with Crippen molar-refractivity contribution < 1.29 is 22.3 Å². The van der Waals surface area contributed by atoms with Gasteiger partial charge in [-0.1, -0.05) is 6.07 Å². The van der Waals surface area contributed by atoms with E-state index in [2.05, 4.69) is 10.0 Å². The Bertz CT molecular complexity index is 867. The monoisotopic (exact) mass is 380 g/mol. The average Bonchev–Trinajstić information content (AvgIpc) is 2.59. The van der Waals surface area contributed by atoms with Gasteiger partial charge in [0.2, 0.25) is 15.9 Å². The highest BCUT2D eigenvalue weighted by molar-refractivity contribution is 7.89. The number of aryl methyl sites for hydroxylation is 1. The Hall–Kier alpha value is -2.45. The lowest BCUT2D eigenvalue weighted by molar-refractivity contribution is -0.116. The molecule has 1 amide bonds. The van der Waals surface area contributed by atoms with Crippen LogP contribution in [0.5, 0.6) is 5.75 Å². The molecule has 6 nitrogen and oxygen atoms in total. The molecule has 0 aliphatic rings. The first-order valence-corrected chi connectivity index (χ1v) is 9.58. The van der Waals surface area contributed by atoms with Crippen LogP contribution in [0.25, 0.3) is 0 Å². The topological polar surface area (TPSA) is 84.5 Å². The molecule has 0 radical (unpaired) electrons. The summed E-state index contributed by atoms with van der Waals surface area (Å²) in [6.45, 7) is 3.87. The fraction of sp³-hybridized carbons (Fsp3) is 0.278. The van der Waals surface area contributed by atoms with E-state index in [1.807, 2.05) is 6.92 Å². The summed E-state index contributed by atoms with van der Waals surface area (Å²) in [4.78, 5) is 11.9. The highest BCUT2D eigenvalue weighted by Gasteiger charge is 2.14. The Morgan fingerprint density at radius 2 is 1.85 bits per heavy atom. The van der Waals surface area contributed by atoms with Crippen molar-refractivity contribution in [1.82, 2.24) is 4.72 Å². The number of benzene rings is 2. The quantitative estimate of drug-likeness (QED) is 0.738. The molecule has 140 valence electrons. The summed E-state index contributed by atoms with van der Waals surface area (Å²) in [5.74, 6) is -0.252. The van der Waals surface area contributed by atoms with Gasteiger partial charge in [-0.2, -0.15) is 0 Å². The van der Waals surface area contributed by atoms with Crippen LogP contribution in [-0.4, -0.2) is 27.5 Å². The minimum atomic E-state index is -3.72. The van der Waals surface area contributed by atoms with Crippen LogP contribution in [0.4, 0.5) is 10.1 Å². The Labute approximate surface area is 152 Å². The third-order valence-electron chi connectivity index (χ3n) is 3.54. The molecule has 0 heterocycles. The van der Waals surface area contributed by atoms with Crippen LogP contribution in [0.1, 0.15) is 18.9 Å². The molecule has 2 N–H and O–H groups in total. The summed E-state index contributed by atoms with van der Waals surface area (Å²) in [7, 11) is -3.72. The van der Waals surface area contributed by atoms with Crippen molar-refractivity contribution in [2.24, 2.45) is 0 Å². The molecular formula is C18H21FN2O4S. The molecule has 0 atom stereocenters. The normalized spacial score (nSPS) is 11.2. The van der Waals surface area contributed by atoms with Crippen LogP contribution in [0.15, 0.2) is 47.4 Å². The molecule has 0 fully saturated rings. The Balaban J connectivity index is 1.87. The van der Waals surface area contributed by atoms with E-state index in [0.29, 0.717) is 23.6 Å². The van der Waals surface area contributed by atoms with Gasteiger partial charge >= 0.3 is 0 Å². The first kappa shape index (κ1) is 19.9. The van der Waals surface area contributed by atoms with Gasteiger partial charge in [0, 0.05) is 18.7 Å². The van der Waals surface area contributed by atoms with Crippen molar-refractivity contribution in [2.45, 2.75) is 25.2 Å². The minimum absolute atomic E-state index is 0.0737. The molecular weight excluding hydrogens is 359 g/mol. The molecule has 2 rings (SSSR count). The largest absolute Gasteiger partial charge is 0.494 e. The number of anilines is 1. The fourth-order valence-corrected chi connectivity index (χ4v) is 3.19. The van der Waals surface area contributed by atoms with E-state index in [4.69, 9.17) is 4.74 Å². The lowest BCUT2D eigenvalue weighted by atomic mass is 10.2. The predicted molar refractivity (Wildman–Crippen MR) is 97.2 cm³/mol. The van der Waals surface area contributed by atoms with Crippen molar-refractivity contribution in [3.05, 3.63) is 53.8 Å². The fourth-order valence-electron chi connectivity index (χ4n) is 2.16. The zero-order valence-electron chi connectivity index (χ0n) is 14.6. The number of rotatable bonds is 8. The third-order valence-corrected chi connectivity index (χ3v) is 5.02. The van der Waals surface area contributed by atoms with Crippen molar-refractivity contribution in [3.8, 4) is 5.75 Å². The smallest absolute Gasteiger partial charge is 0.240 e. The number of amides is 1. The summed E-state index contributed by atoms with van der Waals surface area (Å²) in [6.07, 6.45) is -0.0776. The molecule has 0 aliphatic heterocycles. The molecule has 0 bridgehead atoms. The second-order valence-corrected chi connectivity index (χ2v) is 7.33. The molecule has 0 unspecified atom stereocenters. The van der Waals surface area contributed by atoms with Crippen molar-refractivity contribution in [3.63, 3.8) is 0 Å². The zero-order valence-corrected chi connectivity index (χ0v) is 15.4. The van der Waals surface area contributed by atoms with Gasteiger partial charge in [-0.25, -0.2) is 17.5 Å². The first-order valence-electron chi connectivity index (χ1n) is 8.10. The number of carbonyl (C=O) groups excluding carboxylic acids is 1. The SMILES string of the molecule is CCOc1ccc(S(=O)(=O)NCCC(=O)Nc2ccc(C)c(F)c2)cc1. The molecule has 0 saturated heterocycles. The van der Waals surface area contributed by atoms with E-state index >= 15 is 0 Å². The van der Waals surface area contributed by atoms with E-state index in [9.17, 15) is 17.6 Å². The number of sulfonamides is 1. The van der Waals surface area contributed by atoms with Crippen LogP contribution in [0, 0.1) is 12.7 Å². The molecule has 2 aromatic rings.